The summed E-state index contributed by atoms with van der Waals surface area (Å²) in [6, 6.07) is 4.81. The van der Waals surface area contributed by atoms with Crippen LogP contribution >= 0.6 is 0 Å². The van der Waals surface area contributed by atoms with Crippen LogP contribution in [-0.4, -0.2) is 19.5 Å². The van der Waals surface area contributed by atoms with Gasteiger partial charge in [0.25, 0.3) is 0 Å². The Kier molecular flexibility index (Phi) is 7.24. The number of unbranched alkanes of at least 4 members (excludes halogenated alkanes) is 1. The van der Waals surface area contributed by atoms with Crippen molar-refractivity contribution < 1.29 is 0 Å². The van der Waals surface area contributed by atoms with E-state index in [2.05, 4.69) is 54.4 Å². The number of fused-ring (bicyclic) bond motifs is 1. The molecule has 0 aliphatic carbocycles. The number of nitrogens with two attached hydrogens (primary N) is 1. The monoisotopic (exact) mass is 393 g/mol. The van der Waals surface area contributed by atoms with E-state index in [9.17, 15) is 0 Å². The van der Waals surface area contributed by atoms with Gasteiger partial charge >= 0.3 is 0 Å². The van der Waals surface area contributed by atoms with Gasteiger partial charge < -0.3 is 10.3 Å². The van der Waals surface area contributed by atoms with Gasteiger partial charge in [0.05, 0.1) is 0 Å². The fraction of sp³-hybridized carbons (Fsp3) is 0.542. The van der Waals surface area contributed by atoms with Crippen LogP contribution in [0.4, 0.5) is 5.82 Å². The largest absolute Gasteiger partial charge is 0.382 e. The molecule has 0 saturated heterocycles. The molecule has 0 atom stereocenters. The third-order valence-corrected chi connectivity index (χ3v) is 5.62. The zero-order valence-electron chi connectivity index (χ0n) is 18.5. The van der Waals surface area contributed by atoms with Crippen molar-refractivity contribution in [3.63, 3.8) is 0 Å². The predicted molar refractivity (Wildman–Crippen MR) is 121 cm³/mol. The number of imidazole rings is 1. The number of benzene rings is 1. The van der Waals surface area contributed by atoms with Gasteiger partial charge in [-0.25, -0.2) is 15.0 Å². The van der Waals surface area contributed by atoms with Crippen LogP contribution < -0.4 is 5.73 Å². The lowest BCUT2D eigenvalue weighted by Crippen LogP contribution is -2.07. The van der Waals surface area contributed by atoms with E-state index in [4.69, 9.17) is 10.7 Å². The van der Waals surface area contributed by atoms with Crippen LogP contribution in [0.15, 0.2) is 18.5 Å². The minimum Gasteiger partial charge on any atom is -0.382 e. The fourth-order valence-corrected chi connectivity index (χ4v) is 4.28. The molecule has 0 bridgehead atoms. The number of rotatable bonds is 10. The first-order valence-electron chi connectivity index (χ1n) is 11.2. The van der Waals surface area contributed by atoms with Crippen molar-refractivity contribution in [2.24, 2.45) is 0 Å². The molecular weight excluding hydrogens is 358 g/mol. The zero-order valence-corrected chi connectivity index (χ0v) is 18.5. The molecule has 1 aromatic carbocycles. The minimum atomic E-state index is 0.464. The van der Waals surface area contributed by atoms with Crippen molar-refractivity contribution in [3.05, 3.63) is 46.5 Å². The topological polar surface area (TPSA) is 69.6 Å². The lowest BCUT2D eigenvalue weighted by atomic mass is 9.90. The average Bonchev–Trinajstić information content (AvgIpc) is 3.05. The van der Waals surface area contributed by atoms with Gasteiger partial charge in [-0.2, -0.15) is 0 Å². The Morgan fingerprint density at radius 2 is 1.62 bits per heavy atom. The SMILES string of the molecule is CCCCn1c(Cc2cc(CCC)c(CC)c(CCC)c2)nc2c(N)ncnc21. The van der Waals surface area contributed by atoms with Gasteiger partial charge in [0.2, 0.25) is 0 Å². The van der Waals surface area contributed by atoms with Crippen LogP contribution in [0.1, 0.15) is 81.5 Å². The molecule has 0 fully saturated rings. The Morgan fingerprint density at radius 1 is 0.931 bits per heavy atom. The van der Waals surface area contributed by atoms with E-state index < -0.39 is 0 Å². The summed E-state index contributed by atoms with van der Waals surface area (Å²) in [7, 11) is 0. The van der Waals surface area contributed by atoms with Crippen molar-refractivity contribution in [1.29, 1.82) is 0 Å². The number of hydrogen-bond acceptors (Lipinski definition) is 4. The van der Waals surface area contributed by atoms with Gasteiger partial charge in [-0.3, -0.25) is 0 Å². The Labute approximate surface area is 174 Å². The molecule has 0 aliphatic heterocycles. The second-order valence-electron chi connectivity index (χ2n) is 7.89. The molecule has 0 aliphatic rings. The van der Waals surface area contributed by atoms with Gasteiger partial charge in [-0.15, -0.1) is 0 Å². The van der Waals surface area contributed by atoms with E-state index in [1.54, 1.807) is 11.9 Å². The second kappa shape index (κ2) is 9.86. The number of nitrogens with zero attached hydrogens (tertiary/aromatic N) is 4. The van der Waals surface area contributed by atoms with Crippen LogP contribution in [0.25, 0.3) is 11.2 Å². The van der Waals surface area contributed by atoms with Crippen LogP contribution in [-0.2, 0) is 32.2 Å². The summed E-state index contributed by atoms with van der Waals surface area (Å²) < 4.78 is 2.24. The highest BCUT2D eigenvalue weighted by atomic mass is 15.1. The van der Waals surface area contributed by atoms with Crippen LogP contribution in [0.2, 0.25) is 0 Å². The number of nitrogen functional groups attached to an aromatic ring is 1. The zero-order chi connectivity index (χ0) is 20.8. The molecule has 2 aromatic heterocycles. The molecule has 0 saturated carbocycles. The molecule has 0 spiro atoms. The Hall–Kier alpha value is -2.43. The average molecular weight is 394 g/mol. The van der Waals surface area contributed by atoms with Gasteiger partial charge in [0.15, 0.2) is 17.0 Å². The van der Waals surface area contributed by atoms with E-state index in [1.165, 1.54) is 29.5 Å². The maximum Gasteiger partial charge on any atom is 0.165 e. The second-order valence-corrected chi connectivity index (χ2v) is 7.89. The van der Waals surface area contributed by atoms with Gasteiger partial charge in [-0.05, 0) is 47.9 Å². The molecule has 29 heavy (non-hydrogen) atoms. The molecule has 0 unspecified atom stereocenters. The molecule has 5 nitrogen and oxygen atoms in total. The molecule has 0 radical (unpaired) electrons. The Bertz CT molecular complexity index is 930. The van der Waals surface area contributed by atoms with Gasteiger partial charge in [0, 0.05) is 13.0 Å². The number of anilines is 1. The number of hydrogen-bond donors (Lipinski definition) is 1. The fourth-order valence-electron chi connectivity index (χ4n) is 4.28. The summed E-state index contributed by atoms with van der Waals surface area (Å²) in [5, 5.41) is 0. The molecule has 3 rings (SSSR count). The van der Waals surface area contributed by atoms with Crippen molar-refractivity contribution >= 4 is 17.0 Å². The molecule has 2 heterocycles. The molecule has 5 heteroatoms. The summed E-state index contributed by atoms with van der Waals surface area (Å²) in [5.74, 6) is 1.50. The standard InChI is InChI=1S/C24H35N5/c1-5-9-12-29-21(28-22-23(25)26-16-27-24(22)29)15-17-13-18(10-6-2)20(8-4)19(14-17)11-7-3/h13-14,16H,5-12,15H2,1-4H3,(H2,25,26,27). The van der Waals surface area contributed by atoms with E-state index in [1.807, 2.05) is 0 Å². The lowest BCUT2D eigenvalue weighted by molar-refractivity contribution is 0.619. The van der Waals surface area contributed by atoms with Crippen LogP contribution in [0.3, 0.4) is 0 Å². The number of aromatic nitrogens is 4. The molecule has 0 amide bonds. The van der Waals surface area contributed by atoms with E-state index in [0.29, 0.717) is 5.82 Å². The summed E-state index contributed by atoms with van der Waals surface area (Å²) in [6.45, 7) is 9.92. The van der Waals surface area contributed by atoms with Crippen LogP contribution in [0.5, 0.6) is 0 Å². The Balaban J connectivity index is 2.06. The highest BCUT2D eigenvalue weighted by Gasteiger charge is 2.16. The molecule has 156 valence electrons. The highest BCUT2D eigenvalue weighted by molar-refractivity contribution is 5.81. The van der Waals surface area contributed by atoms with Gasteiger partial charge in [0.1, 0.15) is 12.2 Å². The van der Waals surface area contributed by atoms with E-state index in [-0.39, 0.29) is 0 Å². The normalized spacial score (nSPS) is 11.4. The first kappa shape index (κ1) is 21.3. The van der Waals surface area contributed by atoms with Crippen molar-refractivity contribution in [1.82, 2.24) is 19.5 Å². The summed E-state index contributed by atoms with van der Waals surface area (Å²) in [5.41, 5.74) is 13.6. The minimum absolute atomic E-state index is 0.464. The highest BCUT2D eigenvalue weighted by Crippen LogP contribution is 2.25. The number of aryl methyl sites for hydroxylation is 3. The maximum atomic E-state index is 6.10. The molecule has 2 N–H and O–H groups in total. The van der Waals surface area contributed by atoms with Crippen LogP contribution in [0, 0.1) is 0 Å². The van der Waals surface area contributed by atoms with Crippen molar-refractivity contribution in [2.75, 3.05) is 5.73 Å². The summed E-state index contributed by atoms with van der Waals surface area (Å²) in [6.07, 6.45) is 10.3. The smallest absolute Gasteiger partial charge is 0.165 e. The van der Waals surface area contributed by atoms with E-state index >= 15 is 0 Å². The third-order valence-electron chi connectivity index (χ3n) is 5.62. The summed E-state index contributed by atoms with van der Waals surface area (Å²) in [4.78, 5) is 13.5. The first-order valence-corrected chi connectivity index (χ1v) is 11.2. The lowest BCUT2D eigenvalue weighted by Gasteiger charge is -2.16. The first-order chi connectivity index (χ1) is 14.1. The third kappa shape index (κ3) is 4.60. The quantitative estimate of drug-likeness (QED) is 0.509. The predicted octanol–water partition coefficient (Wildman–Crippen LogP) is 5.27. The molecular formula is C24H35N5. The van der Waals surface area contributed by atoms with Gasteiger partial charge in [-0.1, -0.05) is 59.1 Å². The Morgan fingerprint density at radius 3 is 2.21 bits per heavy atom. The maximum absolute atomic E-state index is 6.10. The summed E-state index contributed by atoms with van der Waals surface area (Å²) >= 11 is 0. The molecule has 3 aromatic rings. The van der Waals surface area contributed by atoms with E-state index in [0.717, 1.165) is 62.1 Å². The van der Waals surface area contributed by atoms with Crippen molar-refractivity contribution in [2.45, 2.75) is 85.6 Å². The van der Waals surface area contributed by atoms with Crippen molar-refractivity contribution in [3.8, 4) is 0 Å².